The van der Waals surface area contributed by atoms with Crippen molar-refractivity contribution in [1.82, 2.24) is 0 Å². The number of hydrogen-bond acceptors (Lipinski definition) is 0. The second-order valence-electron chi connectivity index (χ2n) is 3.65. The number of rotatable bonds is 1. The number of hydrogen-bond donors (Lipinski definition) is 0. The molecule has 0 aliphatic heterocycles. The van der Waals surface area contributed by atoms with Gasteiger partial charge in [-0.3, -0.25) is 0 Å². The molecule has 1 aliphatic rings. The summed E-state index contributed by atoms with van der Waals surface area (Å²) >= 11 is 3.62. The van der Waals surface area contributed by atoms with E-state index in [1.807, 2.05) is 0 Å². The van der Waals surface area contributed by atoms with E-state index in [1.54, 1.807) is 5.57 Å². The Morgan fingerprint density at radius 3 is 2.85 bits per heavy atom. The Morgan fingerprint density at radius 2 is 2.15 bits per heavy atom. The lowest BCUT2D eigenvalue weighted by molar-refractivity contribution is 1.03. The van der Waals surface area contributed by atoms with Crippen LogP contribution in [0.15, 0.2) is 22.2 Å². The lowest BCUT2D eigenvalue weighted by atomic mass is 10.1. The molecule has 0 N–H and O–H groups in total. The maximum absolute atomic E-state index is 3.62. The predicted molar refractivity (Wildman–Crippen MR) is 60.9 cm³/mol. The minimum absolute atomic E-state index is 1.13. The van der Waals surface area contributed by atoms with Gasteiger partial charge in [-0.15, -0.1) is 0 Å². The van der Waals surface area contributed by atoms with Gasteiger partial charge in [-0.25, -0.2) is 0 Å². The van der Waals surface area contributed by atoms with Crippen LogP contribution in [0, 0.1) is 6.92 Å². The highest BCUT2D eigenvalue weighted by molar-refractivity contribution is 9.10. The molecule has 0 spiro atoms. The van der Waals surface area contributed by atoms with Gasteiger partial charge in [0.2, 0.25) is 0 Å². The summed E-state index contributed by atoms with van der Waals surface area (Å²) in [5, 5.41) is 0. The molecule has 0 fully saturated rings. The SMILES string of the molecule is CCC1=Cc2cc(C)cc(Br)c2C1. The number of aryl methyl sites for hydroxylation is 1. The third-order valence-electron chi connectivity index (χ3n) is 2.59. The Labute approximate surface area is 87.8 Å². The molecular weight excluding hydrogens is 224 g/mol. The summed E-state index contributed by atoms with van der Waals surface area (Å²) in [4.78, 5) is 0. The van der Waals surface area contributed by atoms with E-state index >= 15 is 0 Å². The van der Waals surface area contributed by atoms with E-state index in [2.05, 4.69) is 48.0 Å². The first-order valence-corrected chi connectivity index (χ1v) is 5.48. The van der Waals surface area contributed by atoms with E-state index < -0.39 is 0 Å². The third-order valence-corrected chi connectivity index (χ3v) is 3.30. The van der Waals surface area contributed by atoms with Gasteiger partial charge >= 0.3 is 0 Å². The Bertz CT molecular complexity index is 375. The molecule has 2 rings (SSSR count). The molecule has 0 heterocycles. The van der Waals surface area contributed by atoms with Gasteiger partial charge in [0.05, 0.1) is 0 Å². The molecule has 1 heteroatoms. The van der Waals surface area contributed by atoms with Crippen LogP contribution in [0.3, 0.4) is 0 Å². The minimum Gasteiger partial charge on any atom is -0.0654 e. The van der Waals surface area contributed by atoms with E-state index in [9.17, 15) is 0 Å². The van der Waals surface area contributed by atoms with Crippen molar-refractivity contribution in [3.05, 3.63) is 38.9 Å². The number of fused-ring (bicyclic) bond motifs is 1. The minimum atomic E-state index is 1.13. The molecule has 0 nitrogen and oxygen atoms in total. The number of allylic oxidation sites excluding steroid dienone is 1. The van der Waals surface area contributed by atoms with Crippen molar-refractivity contribution < 1.29 is 0 Å². The van der Waals surface area contributed by atoms with Gasteiger partial charge in [-0.2, -0.15) is 0 Å². The second-order valence-corrected chi connectivity index (χ2v) is 4.50. The standard InChI is InChI=1S/C12H13Br/c1-3-9-6-10-4-8(2)5-12(13)11(10)7-9/h4-6H,3,7H2,1-2H3. The van der Waals surface area contributed by atoms with E-state index in [0.717, 1.165) is 6.42 Å². The van der Waals surface area contributed by atoms with Gasteiger partial charge in [0.1, 0.15) is 0 Å². The molecule has 13 heavy (non-hydrogen) atoms. The van der Waals surface area contributed by atoms with E-state index in [1.165, 1.54) is 27.6 Å². The van der Waals surface area contributed by atoms with Crippen molar-refractivity contribution in [2.24, 2.45) is 0 Å². The fourth-order valence-electron chi connectivity index (χ4n) is 1.84. The maximum atomic E-state index is 3.62. The quantitative estimate of drug-likeness (QED) is 0.689. The van der Waals surface area contributed by atoms with Gasteiger partial charge in [0, 0.05) is 4.47 Å². The van der Waals surface area contributed by atoms with Crippen molar-refractivity contribution in [2.45, 2.75) is 26.7 Å². The zero-order chi connectivity index (χ0) is 9.42. The summed E-state index contributed by atoms with van der Waals surface area (Å²) in [7, 11) is 0. The molecule has 0 unspecified atom stereocenters. The maximum Gasteiger partial charge on any atom is 0.0219 e. The van der Waals surface area contributed by atoms with Crippen LogP contribution in [0.5, 0.6) is 0 Å². The normalized spacial score (nSPS) is 14.2. The summed E-state index contributed by atoms with van der Waals surface area (Å²) < 4.78 is 1.27. The zero-order valence-electron chi connectivity index (χ0n) is 8.02. The smallest absolute Gasteiger partial charge is 0.0219 e. The Morgan fingerprint density at radius 1 is 1.38 bits per heavy atom. The molecule has 1 aromatic carbocycles. The Balaban J connectivity index is 2.50. The van der Waals surface area contributed by atoms with Crippen LogP contribution >= 0.6 is 15.9 Å². The molecule has 1 aliphatic carbocycles. The average molecular weight is 237 g/mol. The van der Waals surface area contributed by atoms with E-state index in [0.29, 0.717) is 0 Å². The summed E-state index contributed by atoms with van der Waals surface area (Å²) in [6.07, 6.45) is 4.62. The molecule has 0 saturated carbocycles. The first-order valence-electron chi connectivity index (χ1n) is 4.69. The second kappa shape index (κ2) is 3.30. The van der Waals surface area contributed by atoms with Gasteiger partial charge in [0.15, 0.2) is 0 Å². The molecule has 0 saturated heterocycles. The summed E-state index contributed by atoms with van der Waals surface area (Å²) in [6, 6.07) is 4.47. The first-order chi connectivity index (χ1) is 6.20. The zero-order valence-corrected chi connectivity index (χ0v) is 9.61. The van der Waals surface area contributed by atoms with Crippen molar-refractivity contribution in [1.29, 1.82) is 0 Å². The number of halogens is 1. The van der Waals surface area contributed by atoms with Crippen LogP contribution in [0.25, 0.3) is 6.08 Å². The van der Waals surface area contributed by atoms with Crippen LogP contribution in [-0.4, -0.2) is 0 Å². The third kappa shape index (κ3) is 1.58. The largest absolute Gasteiger partial charge is 0.0654 e. The van der Waals surface area contributed by atoms with Crippen molar-refractivity contribution >= 4 is 22.0 Å². The highest BCUT2D eigenvalue weighted by Crippen LogP contribution is 2.33. The molecule has 0 radical (unpaired) electrons. The first kappa shape index (κ1) is 9.01. The van der Waals surface area contributed by atoms with Gasteiger partial charge in [-0.05, 0) is 42.5 Å². The molecule has 0 aromatic heterocycles. The topological polar surface area (TPSA) is 0 Å². The molecular formula is C12H13Br. The van der Waals surface area contributed by atoms with Crippen LogP contribution in [0.2, 0.25) is 0 Å². The van der Waals surface area contributed by atoms with Crippen LogP contribution in [0.4, 0.5) is 0 Å². The van der Waals surface area contributed by atoms with Gasteiger partial charge < -0.3 is 0 Å². The Kier molecular flexibility index (Phi) is 2.29. The van der Waals surface area contributed by atoms with E-state index in [-0.39, 0.29) is 0 Å². The monoisotopic (exact) mass is 236 g/mol. The van der Waals surface area contributed by atoms with Crippen molar-refractivity contribution in [3.63, 3.8) is 0 Å². The molecule has 68 valence electrons. The molecule has 0 bridgehead atoms. The fraction of sp³-hybridized carbons (Fsp3) is 0.333. The summed E-state index contributed by atoms with van der Waals surface area (Å²) in [5.41, 5.74) is 5.74. The number of benzene rings is 1. The van der Waals surface area contributed by atoms with Gasteiger partial charge in [-0.1, -0.05) is 40.6 Å². The van der Waals surface area contributed by atoms with Crippen LogP contribution in [-0.2, 0) is 6.42 Å². The average Bonchev–Trinajstić information content (AvgIpc) is 2.47. The molecule has 1 aromatic rings. The lowest BCUT2D eigenvalue weighted by Crippen LogP contribution is -1.87. The van der Waals surface area contributed by atoms with Crippen LogP contribution < -0.4 is 0 Å². The van der Waals surface area contributed by atoms with Crippen molar-refractivity contribution in [2.75, 3.05) is 0 Å². The molecule has 0 atom stereocenters. The molecule has 0 amide bonds. The van der Waals surface area contributed by atoms with Gasteiger partial charge in [0.25, 0.3) is 0 Å². The summed E-state index contributed by atoms with van der Waals surface area (Å²) in [5.74, 6) is 0. The van der Waals surface area contributed by atoms with Crippen LogP contribution in [0.1, 0.15) is 30.0 Å². The summed E-state index contributed by atoms with van der Waals surface area (Å²) in [6.45, 7) is 4.36. The van der Waals surface area contributed by atoms with Crippen molar-refractivity contribution in [3.8, 4) is 0 Å². The highest BCUT2D eigenvalue weighted by atomic mass is 79.9. The predicted octanol–water partition coefficient (Wildman–Crippen LogP) is 4.11. The fourth-order valence-corrected chi connectivity index (χ4v) is 2.57. The van der Waals surface area contributed by atoms with E-state index in [4.69, 9.17) is 0 Å². The Hall–Kier alpha value is -0.560. The lowest BCUT2D eigenvalue weighted by Gasteiger charge is -2.03. The highest BCUT2D eigenvalue weighted by Gasteiger charge is 2.14.